The Hall–Kier alpha value is -3.13. The van der Waals surface area contributed by atoms with E-state index in [0.717, 1.165) is 17.8 Å². The van der Waals surface area contributed by atoms with E-state index < -0.39 is 17.5 Å². The first-order chi connectivity index (χ1) is 13.0. The molecule has 136 valence electrons. The van der Waals surface area contributed by atoms with Crippen molar-refractivity contribution in [3.63, 3.8) is 0 Å². The number of hydrogen-bond donors (Lipinski definition) is 1. The third-order valence-electron chi connectivity index (χ3n) is 3.93. The number of halogens is 3. The Kier molecular flexibility index (Phi) is 4.41. The molecule has 0 aliphatic heterocycles. The first-order valence-corrected chi connectivity index (χ1v) is 8.86. The minimum Gasteiger partial charge on any atom is -0.327 e. The molecule has 0 saturated heterocycles. The van der Waals surface area contributed by atoms with Crippen LogP contribution in [0.2, 0.25) is 0 Å². The zero-order valence-corrected chi connectivity index (χ0v) is 14.9. The number of thiazole rings is 1. The van der Waals surface area contributed by atoms with E-state index in [0.29, 0.717) is 22.1 Å². The predicted octanol–water partition coefficient (Wildman–Crippen LogP) is 5.47. The Bertz CT molecular complexity index is 1100. The van der Waals surface area contributed by atoms with Gasteiger partial charge >= 0.3 is 0 Å². The molecular formula is C19H13F3N4S. The van der Waals surface area contributed by atoms with E-state index >= 15 is 0 Å². The average molecular weight is 386 g/mol. The van der Waals surface area contributed by atoms with Crippen LogP contribution in [0.25, 0.3) is 16.9 Å². The van der Waals surface area contributed by atoms with Crippen molar-refractivity contribution in [3.8, 4) is 16.9 Å². The summed E-state index contributed by atoms with van der Waals surface area (Å²) < 4.78 is 43.6. The van der Waals surface area contributed by atoms with Gasteiger partial charge in [-0.05, 0) is 31.2 Å². The maximum Gasteiger partial charge on any atom is 0.187 e. The highest BCUT2D eigenvalue weighted by atomic mass is 32.1. The molecule has 0 radical (unpaired) electrons. The summed E-state index contributed by atoms with van der Waals surface area (Å²) in [4.78, 5) is 8.38. The number of para-hydroxylation sites is 1. The highest BCUT2D eigenvalue weighted by Gasteiger charge is 2.13. The van der Waals surface area contributed by atoms with Gasteiger partial charge < -0.3 is 9.88 Å². The number of imidazole rings is 1. The number of nitrogens with zero attached hydrogens (tertiary/aromatic N) is 3. The van der Waals surface area contributed by atoms with Crippen molar-refractivity contribution < 1.29 is 13.2 Å². The van der Waals surface area contributed by atoms with Crippen LogP contribution >= 0.6 is 11.3 Å². The molecule has 8 heteroatoms. The van der Waals surface area contributed by atoms with Crippen molar-refractivity contribution in [2.24, 2.45) is 0 Å². The Morgan fingerprint density at radius 1 is 1.04 bits per heavy atom. The Morgan fingerprint density at radius 3 is 2.48 bits per heavy atom. The van der Waals surface area contributed by atoms with Gasteiger partial charge in [-0.15, -0.1) is 11.3 Å². The largest absolute Gasteiger partial charge is 0.327 e. The lowest BCUT2D eigenvalue weighted by molar-refractivity contribution is 0.591. The molecule has 27 heavy (non-hydrogen) atoms. The van der Waals surface area contributed by atoms with Crippen molar-refractivity contribution in [3.05, 3.63) is 77.4 Å². The molecule has 2 aromatic carbocycles. The third kappa shape index (κ3) is 3.43. The fraction of sp³-hybridized carbons (Fsp3) is 0.0526. The first kappa shape index (κ1) is 17.3. The summed E-state index contributed by atoms with van der Waals surface area (Å²) in [6, 6.07) is 8.34. The molecule has 0 atom stereocenters. The minimum atomic E-state index is -0.710. The Morgan fingerprint density at radius 2 is 1.81 bits per heavy atom. The van der Waals surface area contributed by atoms with E-state index in [-0.39, 0.29) is 5.69 Å². The third-order valence-corrected chi connectivity index (χ3v) is 4.69. The van der Waals surface area contributed by atoms with Gasteiger partial charge in [0.05, 0.1) is 23.4 Å². The fourth-order valence-corrected chi connectivity index (χ4v) is 3.34. The van der Waals surface area contributed by atoms with E-state index in [2.05, 4.69) is 15.3 Å². The minimum absolute atomic E-state index is 0.268. The number of anilines is 2. The monoisotopic (exact) mass is 386 g/mol. The summed E-state index contributed by atoms with van der Waals surface area (Å²) in [7, 11) is 0. The first-order valence-electron chi connectivity index (χ1n) is 7.99. The SMILES string of the molecule is Cc1cn(-c2ccc(-c3csc(Nc4c(F)cccc4F)n3)cc2F)cn1. The summed E-state index contributed by atoms with van der Waals surface area (Å²) in [5.74, 6) is -1.84. The molecule has 4 rings (SSSR count). The second kappa shape index (κ2) is 6.88. The molecule has 0 bridgehead atoms. The van der Waals surface area contributed by atoms with Gasteiger partial charge in [-0.25, -0.2) is 23.1 Å². The molecule has 2 heterocycles. The van der Waals surface area contributed by atoms with Crippen LogP contribution < -0.4 is 5.32 Å². The lowest BCUT2D eigenvalue weighted by Gasteiger charge is -2.06. The molecule has 1 N–H and O–H groups in total. The average Bonchev–Trinajstić information content (AvgIpc) is 3.27. The standard InChI is InChI=1S/C19H13F3N4S/c1-11-8-26(10-23-11)17-6-5-12(7-15(17)22)16-9-27-19(24-16)25-18-13(20)3-2-4-14(18)21/h2-10H,1H3,(H,24,25). The zero-order chi connectivity index (χ0) is 19.0. The predicted molar refractivity (Wildman–Crippen MR) is 99.0 cm³/mol. The normalized spacial score (nSPS) is 11.0. The van der Waals surface area contributed by atoms with Gasteiger partial charge in [0.25, 0.3) is 0 Å². The number of aromatic nitrogens is 3. The van der Waals surface area contributed by atoms with Crippen LogP contribution in [0.15, 0.2) is 54.3 Å². The van der Waals surface area contributed by atoms with Crippen LogP contribution in [0.1, 0.15) is 5.69 Å². The van der Waals surface area contributed by atoms with E-state index in [1.807, 2.05) is 6.92 Å². The van der Waals surface area contributed by atoms with Crippen LogP contribution in [0.4, 0.5) is 24.0 Å². The second-order valence-electron chi connectivity index (χ2n) is 5.85. The van der Waals surface area contributed by atoms with E-state index in [9.17, 15) is 13.2 Å². The molecule has 4 aromatic rings. The molecule has 0 fully saturated rings. The van der Waals surface area contributed by atoms with Crippen molar-refractivity contribution in [1.82, 2.24) is 14.5 Å². The molecule has 0 unspecified atom stereocenters. The molecule has 0 spiro atoms. The van der Waals surface area contributed by atoms with E-state index in [1.54, 1.807) is 34.6 Å². The fourth-order valence-electron chi connectivity index (χ4n) is 2.62. The Labute approximate surface area is 157 Å². The van der Waals surface area contributed by atoms with Gasteiger partial charge in [-0.2, -0.15) is 0 Å². The molecule has 2 aromatic heterocycles. The highest BCUT2D eigenvalue weighted by molar-refractivity contribution is 7.14. The number of nitrogens with one attached hydrogen (secondary N) is 1. The van der Waals surface area contributed by atoms with Crippen LogP contribution in [0, 0.1) is 24.4 Å². The van der Waals surface area contributed by atoms with Crippen molar-refractivity contribution >= 4 is 22.2 Å². The summed E-state index contributed by atoms with van der Waals surface area (Å²) in [6.07, 6.45) is 3.27. The van der Waals surface area contributed by atoms with Crippen LogP contribution in [-0.2, 0) is 0 Å². The second-order valence-corrected chi connectivity index (χ2v) is 6.71. The molecule has 0 saturated carbocycles. The van der Waals surface area contributed by atoms with Crippen molar-refractivity contribution in [1.29, 1.82) is 0 Å². The number of aryl methyl sites for hydroxylation is 1. The quantitative estimate of drug-likeness (QED) is 0.506. The van der Waals surface area contributed by atoms with Gasteiger partial charge in [-0.3, -0.25) is 0 Å². The van der Waals surface area contributed by atoms with Crippen LogP contribution in [0.3, 0.4) is 0 Å². The van der Waals surface area contributed by atoms with Crippen molar-refractivity contribution in [2.45, 2.75) is 6.92 Å². The van der Waals surface area contributed by atoms with Gasteiger partial charge in [0.2, 0.25) is 0 Å². The summed E-state index contributed by atoms with van der Waals surface area (Å²) in [5, 5.41) is 4.64. The maximum atomic E-state index is 14.5. The van der Waals surface area contributed by atoms with Crippen LogP contribution in [-0.4, -0.2) is 14.5 Å². The molecule has 4 nitrogen and oxygen atoms in total. The molecule has 0 aliphatic rings. The topological polar surface area (TPSA) is 42.7 Å². The van der Waals surface area contributed by atoms with E-state index in [4.69, 9.17) is 0 Å². The lowest BCUT2D eigenvalue weighted by atomic mass is 10.1. The lowest BCUT2D eigenvalue weighted by Crippen LogP contribution is -1.97. The van der Waals surface area contributed by atoms with Gasteiger partial charge in [0, 0.05) is 17.1 Å². The summed E-state index contributed by atoms with van der Waals surface area (Å²) >= 11 is 1.17. The zero-order valence-electron chi connectivity index (χ0n) is 14.1. The molecule has 0 amide bonds. The molecule has 0 aliphatic carbocycles. The van der Waals surface area contributed by atoms with Crippen LogP contribution in [0.5, 0.6) is 0 Å². The summed E-state index contributed by atoms with van der Waals surface area (Å²) in [6.45, 7) is 1.82. The van der Waals surface area contributed by atoms with E-state index in [1.165, 1.54) is 23.5 Å². The maximum absolute atomic E-state index is 14.5. The van der Waals surface area contributed by atoms with Gasteiger partial charge in [0.1, 0.15) is 23.1 Å². The number of rotatable bonds is 4. The van der Waals surface area contributed by atoms with Crippen molar-refractivity contribution in [2.75, 3.05) is 5.32 Å². The number of hydrogen-bond acceptors (Lipinski definition) is 4. The van der Waals surface area contributed by atoms with Gasteiger partial charge in [0.15, 0.2) is 5.13 Å². The number of benzene rings is 2. The highest BCUT2D eigenvalue weighted by Crippen LogP contribution is 2.30. The smallest absolute Gasteiger partial charge is 0.187 e. The molecular weight excluding hydrogens is 373 g/mol. The Balaban J connectivity index is 1.61. The van der Waals surface area contributed by atoms with Gasteiger partial charge in [-0.1, -0.05) is 12.1 Å². The summed E-state index contributed by atoms with van der Waals surface area (Å²) in [5.41, 5.74) is 1.96.